The summed E-state index contributed by atoms with van der Waals surface area (Å²) in [4.78, 5) is 15.4. The molecule has 0 aromatic rings. The van der Waals surface area contributed by atoms with Crippen molar-refractivity contribution in [3.05, 3.63) is 12.7 Å². The molecule has 92 valence electrons. The van der Waals surface area contributed by atoms with E-state index in [1.807, 2.05) is 6.92 Å². The summed E-state index contributed by atoms with van der Waals surface area (Å²) in [5.74, 6) is 0.200. The van der Waals surface area contributed by atoms with Crippen LogP contribution in [-0.2, 0) is 9.53 Å². The van der Waals surface area contributed by atoms with E-state index in [0.29, 0.717) is 19.0 Å². The highest BCUT2D eigenvalue weighted by atomic mass is 16.5. The molecule has 0 aromatic heterocycles. The number of hydrogen-bond acceptors (Lipinski definition) is 3. The van der Waals surface area contributed by atoms with E-state index in [9.17, 15) is 4.79 Å². The van der Waals surface area contributed by atoms with Crippen molar-refractivity contribution >= 4 is 11.9 Å². The SMILES string of the molecule is C=CCNC(=NCC(C)C(=O)OC)NCC. The summed E-state index contributed by atoms with van der Waals surface area (Å²) >= 11 is 0. The molecule has 0 heterocycles. The van der Waals surface area contributed by atoms with E-state index in [1.54, 1.807) is 13.0 Å². The molecule has 1 unspecified atom stereocenters. The Morgan fingerprint density at radius 3 is 2.75 bits per heavy atom. The van der Waals surface area contributed by atoms with Gasteiger partial charge >= 0.3 is 5.97 Å². The van der Waals surface area contributed by atoms with Crippen molar-refractivity contribution in [3.63, 3.8) is 0 Å². The molecule has 2 N–H and O–H groups in total. The maximum absolute atomic E-state index is 11.1. The van der Waals surface area contributed by atoms with E-state index in [-0.39, 0.29) is 11.9 Å². The molecule has 0 saturated carbocycles. The molecule has 0 radical (unpaired) electrons. The van der Waals surface area contributed by atoms with E-state index in [2.05, 4.69) is 26.9 Å². The lowest BCUT2D eigenvalue weighted by Gasteiger charge is -2.11. The number of guanidine groups is 1. The van der Waals surface area contributed by atoms with Crippen LogP contribution in [0.15, 0.2) is 17.6 Å². The normalized spacial score (nSPS) is 12.8. The summed E-state index contributed by atoms with van der Waals surface area (Å²) in [5.41, 5.74) is 0. The van der Waals surface area contributed by atoms with Crippen LogP contribution in [0.5, 0.6) is 0 Å². The van der Waals surface area contributed by atoms with Crippen LogP contribution in [0.3, 0.4) is 0 Å². The van der Waals surface area contributed by atoms with Crippen LogP contribution >= 0.6 is 0 Å². The minimum atomic E-state index is -0.247. The van der Waals surface area contributed by atoms with Gasteiger partial charge in [-0.05, 0) is 6.92 Å². The fourth-order valence-corrected chi connectivity index (χ4v) is 1.01. The molecule has 0 aliphatic heterocycles. The molecule has 5 heteroatoms. The number of hydrogen-bond donors (Lipinski definition) is 2. The van der Waals surface area contributed by atoms with Gasteiger partial charge in [-0.25, -0.2) is 0 Å². The van der Waals surface area contributed by atoms with Crippen molar-refractivity contribution in [1.29, 1.82) is 0 Å². The zero-order valence-corrected chi connectivity index (χ0v) is 10.2. The fraction of sp³-hybridized carbons (Fsp3) is 0.636. The summed E-state index contributed by atoms with van der Waals surface area (Å²) in [7, 11) is 1.38. The zero-order valence-electron chi connectivity index (χ0n) is 10.2. The van der Waals surface area contributed by atoms with Gasteiger partial charge in [-0.1, -0.05) is 13.0 Å². The molecule has 0 rings (SSSR count). The number of aliphatic imine (C=N–C) groups is 1. The number of nitrogens with one attached hydrogen (secondary N) is 2. The van der Waals surface area contributed by atoms with Crippen LogP contribution in [0.2, 0.25) is 0 Å². The number of rotatable bonds is 6. The first-order valence-electron chi connectivity index (χ1n) is 5.36. The Bertz CT molecular complexity index is 252. The Labute approximate surface area is 97.0 Å². The van der Waals surface area contributed by atoms with Crippen molar-refractivity contribution in [2.45, 2.75) is 13.8 Å². The predicted octanol–water partition coefficient (Wildman–Crippen LogP) is 0.537. The van der Waals surface area contributed by atoms with Gasteiger partial charge in [-0.2, -0.15) is 0 Å². The van der Waals surface area contributed by atoms with Crippen molar-refractivity contribution in [3.8, 4) is 0 Å². The van der Waals surface area contributed by atoms with Crippen LogP contribution in [0.1, 0.15) is 13.8 Å². The van der Waals surface area contributed by atoms with Crippen LogP contribution < -0.4 is 10.6 Å². The molecule has 1 atom stereocenters. The van der Waals surface area contributed by atoms with Crippen LogP contribution in [0, 0.1) is 5.92 Å². The molecule has 0 spiro atoms. The third-order valence-corrected chi connectivity index (χ3v) is 1.88. The standard InChI is InChI=1S/C11H21N3O2/c1-5-7-13-11(12-6-2)14-8-9(3)10(15)16-4/h5,9H,1,6-8H2,2-4H3,(H2,12,13,14). The lowest BCUT2D eigenvalue weighted by Crippen LogP contribution is -2.37. The Balaban J connectivity index is 4.19. The van der Waals surface area contributed by atoms with Gasteiger partial charge in [0, 0.05) is 13.1 Å². The number of carbonyl (C=O) groups excluding carboxylic acids is 1. The number of ether oxygens (including phenoxy) is 1. The second-order valence-corrected chi connectivity index (χ2v) is 3.31. The zero-order chi connectivity index (χ0) is 12.4. The van der Waals surface area contributed by atoms with Gasteiger partial charge in [0.05, 0.1) is 19.6 Å². The number of carbonyl (C=O) groups is 1. The topological polar surface area (TPSA) is 62.7 Å². The minimum absolute atomic E-state index is 0.232. The molecule has 0 amide bonds. The van der Waals surface area contributed by atoms with Gasteiger partial charge in [0.15, 0.2) is 5.96 Å². The highest BCUT2D eigenvalue weighted by Crippen LogP contribution is 1.97. The monoisotopic (exact) mass is 227 g/mol. The van der Waals surface area contributed by atoms with Gasteiger partial charge in [0.2, 0.25) is 0 Å². The molecule has 0 saturated heterocycles. The molecule has 0 fully saturated rings. The number of methoxy groups -OCH3 is 1. The number of nitrogens with zero attached hydrogens (tertiary/aromatic N) is 1. The predicted molar refractivity (Wildman–Crippen MR) is 65.4 cm³/mol. The lowest BCUT2D eigenvalue weighted by atomic mass is 10.2. The van der Waals surface area contributed by atoms with E-state index >= 15 is 0 Å². The second kappa shape index (κ2) is 8.76. The third-order valence-electron chi connectivity index (χ3n) is 1.88. The summed E-state index contributed by atoms with van der Waals surface area (Å²) in [6, 6.07) is 0. The average molecular weight is 227 g/mol. The van der Waals surface area contributed by atoms with Crippen LogP contribution in [0.4, 0.5) is 0 Å². The largest absolute Gasteiger partial charge is 0.469 e. The Morgan fingerprint density at radius 2 is 2.25 bits per heavy atom. The molecule has 0 aliphatic rings. The van der Waals surface area contributed by atoms with Crippen molar-refractivity contribution in [2.24, 2.45) is 10.9 Å². The van der Waals surface area contributed by atoms with Crippen LogP contribution in [-0.4, -0.2) is 38.7 Å². The quantitative estimate of drug-likeness (QED) is 0.301. The Morgan fingerprint density at radius 1 is 1.56 bits per heavy atom. The Kier molecular flexibility index (Phi) is 7.93. The minimum Gasteiger partial charge on any atom is -0.469 e. The van der Waals surface area contributed by atoms with Gasteiger partial charge in [0.1, 0.15) is 0 Å². The molecular weight excluding hydrogens is 206 g/mol. The van der Waals surface area contributed by atoms with Crippen molar-refractivity contribution in [2.75, 3.05) is 26.7 Å². The average Bonchev–Trinajstić information content (AvgIpc) is 2.31. The van der Waals surface area contributed by atoms with Gasteiger partial charge < -0.3 is 15.4 Å². The summed E-state index contributed by atoms with van der Waals surface area (Å²) < 4.78 is 4.62. The van der Waals surface area contributed by atoms with Gasteiger partial charge in [-0.15, -0.1) is 6.58 Å². The fourth-order valence-electron chi connectivity index (χ4n) is 1.01. The maximum Gasteiger partial charge on any atom is 0.310 e. The molecule has 5 nitrogen and oxygen atoms in total. The maximum atomic E-state index is 11.1. The van der Waals surface area contributed by atoms with Gasteiger partial charge in [0.25, 0.3) is 0 Å². The van der Waals surface area contributed by atoms with E-state index in [4.69, 9.17) is 0 Å². The van der Waals surface area contributed by atoms with Gasteiger partial charge in [-0.3, -0.25) is 9.79 Å². The smallest absolute Gasteiger partial charge is 0.310 e. The van der Waals surface area contributed by atoms with Crippen LogP contribution in [0.25, 0.3) is 0 Å². The van der Waals surface area contributed by atoms with Crippen molar-refractivity contribution < 1.29 is 9.53 Å². The third kappa shape index (κ3) is 6.06. The summed E-state index contributed by atoms with van der Waals surface area (Å²) in [6.45, 7) is 9.19. The lowest BCUT2D eigenvalue weighted by molar-refractivity contribution is -0.144. The first-order valence-corrected chi connectivity index (χ1v) is 5.36. The summed E-state index contributed by atoms with van der Waals surface area (Å²) in [5, 5.41) is 6.12. The highest BCUT2D eigenvalue weighted by molar-refractivity contribution is 5.80. The molecule has 0 aromatic carbocycles. The first-order chi connectivity index (χ1) is 7.65. The summed E-state index contributed by atoms with van der Waals surface area (Å²) in [6.07, 6.45) is 1.75. The molecular formula is C11H21N3O2. The van der Waals surface area contributed by atoms with E-state index in [0.717, 1.165) is 6.54 Å². The second-order valence-electron chi connectivity index (χ2n) is 3.31. The first kappa shape index (κ1) is 14.5. The number of esters is 1. The van der Waals surface area contributed by atoms with E-state index in [1.165, 1.54) is 7.11 Å². The Hall–Kier alpha value is -1.52. The molecule has 0 bridgehead atoms. The molecule has 16 heavy (non-hydrogen) atoms. The highest BCUT2D eigenvalue weighted by Gasteiger charge is 2.12. The van der Waals surface area contributed by atoms with E-state index < -0.39 is 0 Å². The molecule has 0 aliphatic carbocycles. The van der Waals surface area contributed by atoms with Crippen molar-refractivity contribution in [1.82, 2.24) is 10.6 Å².